The second-order valence-electron chi connectivity index (χ2n) is 12.2. The van der Waals surface area contributed by atoms with Gasteiger partial charge < -0.3 is 24.4 Å². The first-order valence-electron chi connectivity index (χ1n) is 16.6. The first-order valence-corrected chi connectivity index (χ1v) is 16.6. The van der Waals surface area contributed by atoms with E-state index in [1.54, 1.807) is 0 Å². The number of carbonyl (C=O) groups is 1. The van der Waals surface area contributed by atoms with Crippen LogP contribution in [0.4, 0.5) is 22.7 Å². The van der Waals surface area contributed by atoms with Crippen LogP contribution in [0, 0.1) is 6.92 Å². The smallest absolute Gasteiger partial charge is 0.340 e. The number of para-hydroxylation sites is 1. The van der Waals surface area contributed by atoms with Crippen LogP contribution in [0.25, 0.3) is 0 Å². The normalized spacial score (nSPS) is 15.7. The van der Waals surface area contributed by atoms with Crippen molar-refractivity contribution in [2.75, 3.05) is 23.4 Å². The molecule has 0 bridgehead atoms. The van der Waals surface area contributed by atoms with Gasteiger partial charge in [0, 0.05) is 52.1 Å². The fourth-order valence-electron chi connectivity index (χ4n) is 6.78. The van der Waals surface area contributed by atoms with Crippen LogP contribution < -0.4 is 19.7 Å². The minimum absolute atomic E-state index is 0.339. The quantitative estimate of drug-likeness (QED) is 0.117. The van der Waals surface area contributed by atoms with Crippen molar-refractivity contribution < 1.29 is 19.0 Å². The number of hydrogen-bond acceptors (Lipinski definition) is 6. The third kappa shape index (κ3) is 5.58. The zero-order chi connectivity index (χ0) is 32.4. The molecular weight excluding hydrogens is 584 g/mol. The van der Waals surface area contributed by atoms with E-state index in [-0.39, 0.29) is 5.97 Å². The van der Waals surface area contributed by atoms with Gasteiger partial charge in [0.2, 0.25) is 0 Å². The van der Waals surface area contributed by atoms with E-state index in [1.165, 1.54) is 12.8 Å². The second kappa shape index (κ2) is 12.9. The molecule has 7 rings (SSSR count). The number of aryl methyl sites for hydroxylation is 1. The molecule has 1 spiro atoms. The van der Waals surface area contributed by atoms with Gasteiger partial charge in [-0.25, -0.2) is 4.79 Å². The van der Waals surface area contributed by atoms with Crippen molar-refractivity contribution in [2.24, 2.45) is 0 Å². The Morgan fingerprint density at radius 3 is 2.28 bits per heavy atom. The van der Waals surface area contributed by atoms with Crippen molar-refractivity contribution in [1.82, 2.24) is 0 Å². The summed E-state index contributed by atoms with van der Waals surface area (Å²) < 4.78 is 19.0. The molecule has 0 amide bonds. The molecule has 0 radical (unpaired) electrons. The minimum atomic E-state index is -1.15. The first-order chi connectivity index (χ1) is 23.0. The molecule has 0 saturated carbocycles. The molecule has 47 heavy (non-hydrogen) atoms. The first kappa shape index (κ1) is 30.4. The average molecular weight is 625 g/mol. The van der Waals surface area contributed by atoms with E-state index in [9.17, 15) is 4.79 Å². The van der Waals surface area contributed by atoms with Gasteiger partial charge in [0.1, 0.15) is 17.2 Å². The Labute approximate surface area is 276 Å². The van der Waals surface area contributed by atoms with Crippen molar-refractivity contribution in [1.29, 1.82) is 0 Å². The molecule has 0 aliphatic carbocycles. The standard InChI is InChI=1S/C41H40N2O4/c1-4-6-7-13-24-43(30-18-21-32(22-19-30)45-5-2)31-20-23-35-39(26-31)46-38-25-28(3)37(42-29-14-9-8-10-15-29)27-36(38)41(35)34-17-12-11-16-33(34)40(44)47-41/h8-12,14-23,25-27,42H,4-7,13,24H2,1-3H3. The highest BCUT2D eigenvalue weighted by atomic mass is 16.6. The molecule has 2 aliphatic heterocycles. The maximum absolute atomic E-state index is 13.5. The third-order valence-electron chi connectivity index (χ3n) is 9.10. The van der Waals surface area contributed by atoms with Gasteiger partial charge in [-0.05, 0) is 92.6 Å². The van der Waals surface area contributed by atoms with Crippen LogP contribution in [0.15, 0.2) is 109 Å². The lowest BCUT2D eigenvalue weighted by atomic mass is 9.77. The van der Waals surface area contributed by atoms with Crippen LogP contribution in [0.5, 0.6) is 17.2 Å². The van der Waals surface area contributed by atoms with Gasteiger partial charge in [0.15, 0.2) is 5.60 Å². The van der Waals surface area contributed by atoms with Crippen LogP contribution in [-0.4, -0.2) is 19.1 Å². The number of unbranched alkanes of at least 4 members (excludes halogenated alkanes) is 3. The molecular formula is C41H40N2O4. The van der Waals surface area contributed by atoms with Gasteiger partial charge in [-0.1, -0.05) is 62.6 Å². The summed E-state index contributed by atoms with van der Waals surface area (Å²) in [5, 5.41) is 3.56. The van der Waals surface area contributed by atoms with Gasteiger partial charge in [0.05, 0.1) is 12.2 Å². The molecule has 0 aromatic heterocycles. The Morgan fingerprint density at radius 2 is 1.49 bits per heavy atom. The molecule has 2 aliphatic rings. The summed E-state index contributed by atoms with van der Waals surface area (Å²) in [6.07, 6.45) is 4.61. The summed E-state index contributed by atoms with van der Waals surface area (Å²) in [5.41, 5.74) is 6.85. The molecule has 6 heteroatoms. The lowest BCUT2D eigenvalue weighted by Crippen LogP contribution is -2.33. The molecule has 0 fully saturated rings. The van der Waals surface area contributed by atoms with E-state index in [4.69, 9.17) is 14.2 Å². The summed E-state index contributed by atoms with van der Waals surface area (Å²) in [7, 11) is 0. The highest BCUT2D eigenvalue weighted by Gasteiger charge is 2.53. The van der Waals surface area contributed by atoms with Crippen molar-refractivity contribution in [3.05, 3.63) is 137 Å². The molecule has 6 nitrogen and oxygen atoms in total. The molecule has 5 aromatic carbocycles. The number of benzene rings is 5. The number of nitrogens with zero attached hydrogens (tertiary/aromatic N) is 1. The Balaban J connectivity index is 1.35. The third-order valence-corrected chi connectivity index (χ3v) is 9.10. The average Bonchev–Trinajstić information content (AvgIpc) is 3.39. The van der Waals surface area contributed by atoms with E-state index in [2.05, 4.69) is 60.5 Å². The monoisotopic (exact) mass is 624 g/mol. The number of anilines is 4. The molecule has 1 unspecified atom stereocenters. The number of esters is 1. The molecule has 5 aromatic rings. The lowest BCUT2D eigenvalue weighted by molar-refractivity contribution is 0.0224. The highest BCUT2D eigenvalue weighted by Crippen LogP contribution is 2.57. The lowest BCUT2D eigenvalue weighted by Gasteiger charge is -2.38. The van der Waals surface area contributed by atoms with Crippen LogP contribution in [0.3, 0.4) is 0 Å². The van der Waals surface area contributed by atoms with Crippen LogP contribution in [0.2, 0.25) is 0 Å². The fraction of sp³-hybridized carbons (Fsp3) is 0.244. The van der Waals surface area contributed by atoms with Crippen molar-refractivity contribution in [2.45, 2.75) is 52.1 Å². The minimum Gasteiger partial charge on any atom is -0.494 e. The summed E-state index contributed by atoms with van der Waals surface area (Å²) in [6, 6.07) is 36.4. The molecule has 2 heterocycles. The zero-order valence-corrected chi connectivity index (χ0v) is 27.2. The Morgan fingerprint density at radius 1 is 0.745 bits per heavy atom. The highest BCUT2D eigenvalue weighted by molar-refractivity contribution is 5.97. The number of rotatable bonds is 11. The van der Waals surface area contributed by atoms with E-state index in [0.29, 0.717) is 23.7 Å². The Bertz CT molecular complexity index is 1900. The van der Waals surface area contributed by atoms with E-state index >= 15 is 0 Å². The van der Waals surface area contributed by atoms with Crippen LogP contribution >= 0.6 is 0 Å². The Hall–Kier alpha value is -5.23. The number of nitrogens with one attached hydrogen (secondary N) is 1. The van der Waals surface area contributed by atoms with Gasteiger partial charge in [0.25, 0.3) is 0 Å². The molecule has 1 atom stereocenters. The summed E-state index contributed by atoms with van der Waals surface area (Å²) in [4.78, 5) is 15.8. The molecule has 238 valence electrons. The maximum Gasteiger partial charge on any atom is 0.340 e. The predicted octanol–water partition coefficient (Wildman–Crippen LogP) is 10.4. The van der Waals surface area contributed by atoms with Gasteiger partial charge >= 0.3 is 5.97 Å². The van der Waals surface area contributed by atoms with E-state index in [0.717, 1.165) is 70.1 Å². The van der Waals surface area contributed by atoms with Crippen molar-refractivity contribution in [3.63, 3.8) is 0 Å². The molecule has 1 N–H and O–H groups in total. The summed E-state index contributed by atoms with van der Waals surface area (Å²) >= 11 is 0. The van der Waals surface area contributed by atoms with Crippen LogP contribution in [0.1, 0.15) is 72.1 Å². The summed E-state index contributed by atoms with van der Waals surface area (Å²) in [6.45, 7) is 7.78. The molecule has 0 saturated heterocycles. The number of fused-ring (bicyclic) bond motifs is 6. The van der Waals surface area contributed by atoms with Crippen molar-refractivity contribution >= 4 is 28.7 Å². The SMILES string of the molecule is CCCCCCN(c1ccc(OCC)cc1)c1ccc2c(c1)Oc1cc(C)c(Nc3ccccc3)cc1C21OC(=O)c2ccccc21. The van der Waals surface area contributed by atoms with Crippen LogP contribution in [-0.2, 0) is 10.3 Å². The summed E-state index contributed by atoms with van der Waals surface area (Å²) in [5.74, 6) is 1.86. The largest absolute Gasteiger partial charge is 0.494 e. The zero-order valence-electron chi connectivity index (χ0n) is 27.2. The number of hydrogen-bond donors (Lipinski definition) is 1. The fourth-order valence-corrected chi connectivity index (χ4v) is 6.78. The number of carbonyl (C=O) groups excluding carboxylic acids is 1. The van der Waals surface area contributed by atoms with Gasteiger partial charge in [-0.2, -0.15) is 0 Å². The predicted molar refractivity (Wildman–Crippen MR) is 188 cm³/mol. The maximum atomic E-state index is 13.5. The van der Waals surface area contributed by atoms with Gasteiger partial charge in [-0.15, -0.1) is 0 Å². The van der Waals surface area contributed by atoms with E-state index < -0.39 is 5.60 Å². The van der Waals surface area contributed by atoms with Gasteiger partial charge in [-0.3, -0.25) is 0 Å². The van der Waals surface area contributed by atoms with E-state index in [1.807, 2.05) is 79.7 Å². The number of ether oxygens (including phenoxy) is 3. The topological polar surface area (TPSA) is 60.0 Å². The van der Waals surface area contributed by atoms with Crippen molar-refractivity contribution in [3.8, 4) is 17.2 Å². The Kier molecular flexibility index (Phi) is 8.33. The second-order valence-corrected chi connectivity index (χ2v) is 12.2.